The van der Waals surface area contributed by atoms with Crippen LogP contribution in [-0.2, 0) is 0 Å². The van der Waals surface area contributed by atoms with Crippen LogP contribution in [0.25, 0.3) is 0 Å². The van der Waals surface area contributed by atoms with E-state index in [0.717, 1.165) is 6.42 Å². The fourth-order valence-electron chi connectivity index (χ4n) is 4.75. The first kappa shape index (κ1) is 12.9. The fourth-order valence-corrected chi connectivity index (χ4v) is 4.75. The minimum atomic E-state index is -0.303. The lowest BCUT2D eigenvalue weighted by Crippen LogP contribution is -2.46. The molecule has 0 aromatic carbocycles. The van der Waals surface area contributed by atoms with E-state index in [2.05, 4.69) is 4.90 Å². The molecule has 1 saturated heterocycles. The van der Waals surface area contributed by atoms with E-state index in [-0.39, 0.29) is 5.60 Å². The monoisotopic (exact) mass is 251 g/mol. The van der Waals surface area contributed by atoms with Crippen LogP contribution in [0.15, 0.2) is 0 Å². The summed E-state index contributed by atoms with van der Waals surface area (Å²) < 4.78 is 0. The molecule has 0 aromatic rings. The summed E-state index contributed by atoms with van der Waals surface area (Å²) in [6.07, 6.45) is 13.0. The zero-order valence-electron chi connectivity index (χ0n) is 11.7. The summed E-state index contributed by atoms with van der Waals surface area (Å²) in [5, 5.41) is 11.2. The molecule has 0 aromatic heterocycles. The second-order valence-corrected chi connectivity index (χ2v) is 6.92. The normalized spacial score (nSPS) is 39.5. The Morgan fingerprint density at radius 1 is 0.889 bits per heavy atom. The number of nitrogens with zero attached hydrogens (tertiary/aromatic N) is 1. The molecule has 104 valence electrons. The van der Waals surface area contributed by atoms with Crippen LogP contribution in [0.2, 0.25) is 0 Å². The van der Waals surface area contributed by atoms with Gasteiger partial charge in [0.25, 0.3) is 0 Å². The van der Waals surface area contributed by atoms with Crippen LogP contribution in [-0.4, -0.2) is 35.2 Å². The maximum Gasteiger partial charge on any atom is 0.0716 e. The molecule has 1 aliphatic heterocycles. The highest BCUT2D eigenvalue weighted by molar-refractivity contribution is 4.99. The first-order chi connectivity index (χ1) is 8.79. The lowest BCUT2D eigenvalue weighted by molar-refractivity contribution is -0.0706. The Morgan fingerprint density at radius 2 is 1.61 bits per heavy atom. The smallest absolute Gasteiger partial charge is 0.0716 e. The summed E-state index contributed by atoms with van der Waals surface area (Å²) >= 11 is 0. The number of hydrogen-bond donors (Lipinski definition) is 1. The first-order valence-electron chi connectivity index (χ1n) is 8.24. The molecule has 3 aliphatic rings. The molecular weight excluding hydrogens is 222 g/mol. The predicted molar refractivity (Wildman–Crippen MR) is 74.5 cm³/mol. The van der Waals surface area contributed by atoms with Crippen molar-refractivity contribution in [2.24, 2.45) is 11.8 Å². The quantitative estimate of drug-likeness (QED) is 0.832. The van der Waals surface area contributed by atoms with Gasteiger partial charge >= 0.3 is 0 Å². The fraction of sp³-hybridized carbons (Fsp3) is 1.00. The SMILES string of the molecule is OC1(C2CCCCC2)CCCC1CN1CCCC1. The third-order valence-corrected chi connectivity index (χ3v) is 5.83. The standard InChI is InChI=1S/C16H29NO/c18-16(14-7-2-1-3-8-14)10-6-9-15(16)13-17-11-4-5-12-17/h14-15,18H,1-13H2. The lowest BCUT2D eigenvalue weighted by atomic mass is 9.72. The molecule has 2 unspecified atom stereocenters. The zero-order valence-corrected chi connectivity index (χ0v) is 11.7. The molecule has 3 rings (SSSR count). The molecule has 3 fully saturated rings. The van der Waals surface area contributed by atoms with E-state index in [4.69, 9.17) is 0 Å². The zero-order chi connectivity index (χ0) is 12.4. The van der Waals surface area contributed by atoms with E-state index < -0.39 is 0 Å². The minimum Gasteiger partial charge on any atom is -0.389 e. The molecule has 1 heterocycles. The Labute approximate surface area is 112 Å². The Bertz CT molecular complexity index is 268. The third kappa shape index (κ3) is 2.46. The van der Waals surface area contributed by atoms with Gasteiger partial charge in [0.1, 0.15) is 0 Å². The van der Waals surface area contributed by atoms with E-state index >= 15 is 0 Å². The highest BCUT2D eigenvalue weighted by Gasteiger charge is 2.47. The van der Waals surface area contributed by atoms with Crippen molar-refractivity contribution in [2.45, 2.75) is 69.8 Å². The molecule has 2 heteroatoms. The Balaban J connectivity index is 1.64. The van der Waals surface area contributed by atoms with Crippen LogP contribution < -0.4 is 0 Å². The van der Waals surface area contributed by atoms with Gasteiger partial charge in [0, 0.05) is 12.5 Å². The molecule has 0 amide bonds. The number of aliphatic hydroxyl groups is 1. The van der Waals surface area contributed by atoms with Crippen molar-refractivity contribution in [1.29, 1.82) is 0 Å². The third-order valence-electron chi connectivity index (χ3n) is 5.83. The van der Waals surface area contributed by atoms with E-state index in [1.165, 1.54) is 77.4 Å². The molecule has 0 radical (unpaired) electrons. The average molecular weight is 251 g/mol. The van der Waals surface area contributed by atoms with Gasteiger partial charge in [0.05, 0.1) is 5.60 Å². The van der Waals surface area contributed by atoms with Crippen molar-refractivity contribution in [3.63, 3.8) is 0 Å². The van der Waals surface area contributed by atoms with E-state index in [1.54, 1.807) is 0 Å². The van der Waals surface area contributed by atoms with Crippen molar-refractivity contribution in [2.75, 3.05) is 19.6 Å². The lowest BCUT2D eigenvalue weighted by Gasteiger charge is -2.41. The number of likely N-dealkylation sites (tertiary alicyclic amines) is 1. The van der Waals surface area contributed by atoms with Crippen LogP contribution in [0.3, 0.4) is 0 Å². The topological polar surface area (TPSA) is 23.5 Å². The minimum absolute atomic E-state index is 0.303. The summed E-state index contributed by atoms with van der Waals surface area (Å²) in [6, 6.07) is 0. The Kier molecular flexibility index (Phi) is 3.95. The van der Waals surface area contributed by atoms with Crippen LogP contribution >= 0.6 is 0 Å². The van der Waals surface area contributed by atoms with Crippen LogP contribution in [0.4, 0.5) is 0 Å². The van der Waals surface area contributed by atoms with E-state index in [0.29, 0.717) is 11.8 Å². The molecule has 2 saturated carbocycles. The summed E-state index contributed by atoms with van der Waals surface area (Å²) in [5.74, 6) is 1.18. The summed E-state index contributed by atoms with van der Waals surface area (Å²) in [4.78, 5) is 2.60. The summed E-state index contributed by atoms with van der Waals surface area (Å²) in [7, 11) is 0. The number of rotatable bonds is 3. The maximum absolute atomic E-state index is 11.2. The molecular formula is C16H29NO. The number of hydrogen-bond acceptors (Lipinski definition) is 2. The molecule has 0 spiro atoms. The van der Waals surface area contributed by atoms with Gasteiger partial charge in [-0.05, 0) is 57.5 Å². The van der Waals surface area contributed by atoms with Gasteiger partial charge in [-0.25, -0.2) is 0 Å². The van der Waals surface area contributed by atoms with Gasteiger partial charge in [0.15, 0.2) is 0 Å². The maximum atomic E-state index is 11.2. The molecule has 2 aliphatic carbocycles. The molecule has 2 nitrogen and oxygen atoms in total. The van der Waals surface area contributed by atoms with Crippen molar-refractivity contribution >= 4 is 0 Å². The molecule has 1 N–H and O–H groups in total. The Hall–Kier alpha value is -0.0800. The highest BCUT2D eigenvalue weighted by atomic mass is 16.3. The van der Waals surface area contributed by atoms with Gasteiger partial charge < -0.3 is 10.0 Å². The second-order valence-electron chi connectivity index (χ2n) is 6.92. The second kappa shape index (κ2) is 5.50. The molecule has 18 heavy (non-hydrogen) atoms. The van der Waals surface area contributed by atoms with Crippen molar-refractivity contribution in [1.82, 2.24) is 4.90 Å². The van der Waals surface area contributed by atoms with Crippen LogP contribution in [0, 0.1) is 11.8 Å². The summed E-state index contributed by atoms with van der Waals surface area (Å²) in [6.45, 7) is 3.72. The van der Waals surface area contributed by atoms with Crippen molar-refractivity contribution in [3.8, 4) is 0 Å². The van der Waals surface area contributed by atoms with Crippen molar-refractivity contribution in [3.05, 3.63) is 0 Å². The average Bonchev–Trinajstić information content (AvgIpc) is 3.03. The predicted octanol–water partition coefficient (Wildman–Crippen LogP) is 3.19. The van der Waals surface area contributed by atoms with Gasteiger partial charge in [-0.3, -0.25) is 0 Å². The first-order valence-corrected chi connectivity index (χ1v) is 8.24. The van der Waals surface area contributed by atoms with E-state index in [9.17, 15) is 5.11 Å². The summed E-state index contributed by atoms with van der Waals surface area (Å²) in [5.41, 5.74) is -0.303. The van der Waals surface area contributed by atoms with Gasteiger partial charge in [-0.1, -0.05) is 25.7 Å². The van der Waals surface area contributed by atoms with Gasteiger partial charge in [-0.2, -0.15) is 0 Å². The van der Waals surface area contributed by atoms with E-state index in [1.807, 2.05) is 0 Å². The molecule has 0 bridgehead atoms. The van der Waals surface area contributed by atoms with Crippen LogP contribution in [0.1, 0.15) is 64.2 Å². The van der Waals surface area contributed by atoms with Gasteiger partial charge in [-0.15, -0.1) is 0 Å². The largest absolute Gasteiger partial charge is 0.389 e. The highest BCUT2D eigenvalue weighted by Crippen LogP contribution is 2.46. The molecule has 2 atom stereocenters. The van der Waals surface area contributed by atoms with Gasteiger partial charge in [0.2, 0.25) is 0 Å². The van der Waals surface area contributed by atoms with Crippen molar-refractivity contribution < 1.29 is 5.11 Å². The Morgan fingerprint density at radius 3 is 2.33 bits per heavy atom. The van der Waals surface area contributed by atoms with Crippen LogP contribution in [0.5, 0.6) is 0 Å².